The molecule has 6 heteroatoms. The molecule has 0 spiro atoms. The minimum absolute atomic E-state index is 0.113. The predicted octanol–water partition coefficient (Wildman–Crippen LogP) is 4.99. The van der Waals surface area contributed by atoms with Gasteiger partial charge in [0.05, 0.1) is 11.1 Å². The average Bonchev–Trinajstić information content (AvgIpc) is 2.57. The lowest BCUT2D eigenvalue weighted by atomic mass is 9.97. The SMILES string of the molecule is Oc1ccc(-c2c(F)c(F)c(-c3ccc(O)cc3)c(F)c2F)cc1. The maximum Gasteiger partial charge on any atom is 0.170 e. The highest BCUT2D eigenvalue weighted by molar-refractivity contribution is 5.73. The van der Waals surface area contributed by atoms with Crippen LogP contribution in [0, 0.1) is 23.3 Å². The Balaban J connectivity index is 2.26. The molecule has 0 unspecified atom stereocenters. The first-order valence-electron chi connectivity index (χ1n) is 6.85. The van der Waals surface area contributed by atoms with E-state index in [4.69, 9.17) is 0 Å². The van der Waals surface area contributed by atoms with Crippen LogP contribution in [-0.2, 0) is 0 Å². The summed E-state index contributed by atoms with van der Waals surface area (Å²) >= 11 is 0. The van der Waals surface area contributed by atoms with Crippen LogP contribution >= 0.6 is 0 Å². The Morgan fingerprint density at radius 3 is 0.958 bits per heavy atom. The molecule has 0 aromatic heterocycles. The van der Waals surface area contributed by atoms with Gasteiger partial charge in [0.15, 0.2) is 23.3 Å². The molecule has 2 N–H and O–H groups in total. The number of halogens is 4. The van der Waals surface area contributed by atoms with E-state index in [9.17, 15) is 27.8 Å². The molecular weight excluding hydrogens is 324 g/mol. The van der Waals surface area contributed by atoms with E-state index in [-0.39, 0.29) is 22.6 Å². The fourth-order valence-corrected chi connectivity index (χ4v) is 2.39. The second kappa shape index (κ2) is 5.88. The summed E-state index contributed by atoms with van der Waals surface area (Å²) in [5.41, 5.74) is -1.93. The van der Waals surface area contributed by atoms with Crippen LogP contribution < -0.4 is 0 Å². The second-order valence-electron chi connectivity index (χ2n) is 5.10. The Morgan fingerprint density at radius 2 is 0.708 bits per heavy atom. The van der Waals surface area contributed by atoms with Gasteiger partial charge in [0.1, 0.15) is 11.5 Å². The maximum atomic E-state index is 14.4. The third kappa shape index (κ3) is 2.56. The zero-order valence-corrected chi connectivity index (χ0v) is 12.0. The molecule has 0 heterocycles. The number of phenols is 2. The van der Waals surface area contributed by atoms with Crippen molar-refractivity contribution in [1.29, 1.82) is 0 Å². The maximum absolute atomic E-state index is 14.4. The van der Waals surface area contributed by atoms with Gasteiger partial charge >= 0.3 is 0 Å². The molecule has 0 bridgehead atoms. The van der Waals surface area contributed by atoms with Crippen LogP contribution in [-0.4, -0.2) is 10.2 Å². The Morgan fingerprint density at radius 1 is 0.458 bits per heavy atom. The van der Waals surface area contributed by atoms with E-state index in [0.717, 1.165) is 48.5 Å². The molecule has 0 saturated carbocycles. The molecule has 0 amide bonds. The molecule has 3 rings (SSSR count). The van der Waals surface area contributed by atoms with Gasteiger partial charge in [-0.3, -0.25) is 0 Å². The first-order chi connectivity index (χ1) is 11.4. The van der Waals surface area contributed by atoms with E-state index in [1.807, 2.05) is 0 Å². The zero-order chi connectivity index (χ0) is 17.4. The summed E-state index contributed by atoms with van der Waals surface area (Å²) < 4.78 is 57.4. The fraction of sp³-hybridized carbons (Fsp3) is 0. The molecule has 0 saturated heterocycles. The lowest BCUT2D eigenvalue weighted by Gasteiger charge is -2.12. The first kappa shape index (κ1) is 15.9. The van der Waals surface area contributed by atoms with Gasteiger partial charge in [-0.1, -0.05) is 24.3 Å². The molecule has 3 aromatic rings. The summed E-state index contributed by atoms with van der Waals surface area (Å²) in [5, 5.41) is 18.4. The van der Waals surface area contributed by atoms with Crippen molar-refractivity contribution in [1.82, 2.24) is 0 Å². The molecule has 24 heavy (non-hydrogen) atoms. The minimum atomic E-state index is -1.54. The van der Waals surface area contributed by atoms with Crippen molar-refractivity contribution >= 4 is 0 Å². The molecule has 3 aromatic carbocycles. The predicted molar refractivity (Wildman–Crippen MR) is 80.5 cm³/mol. The molecule has 0 aliphatic carbocycles. The number of hydrogen-bond acceptors (Lipinski definition) is 2. The van der Waals surface area contributed by atoms with Crippen molar-refractivity contribution in [2.45, 2.75) is 0 Å². The van der Waals surface area contributed by atoms with E-state index < -0.39 is 34.4 Å². The smallest absolute Gasteiger partial charge is 0.170 e. The van der Waals surface area contributed by atoms with Gasteiger partial charge in [-0.2, -0.15) is 0 Å². The van der Waals surface area contributed by atoms with Crippen LogP contribution in [0.4, 0.5) is 17.6 Å². The van der Waals surface area contributed by atoms with Crippen LogP contribution in [0.25, 0.3) is 22.3 Å². The van der Waals surface area contributed by atoms with Gasteiger partial charge in [0.2, 0.25) is 0 Å². The van der Waals surface area contributed by atoms with Crippen LogP contribution in [0.1, 0.15) is 0 Å². The highest BCUT2D eigenvalue weighted by atomic mass is 19.2. The van der Waals surface area contributed by atoms with Crippen LogP contribution in [0.2, 0.25) is 0 Å². The van der Waals surface area contributed by atoms with E-state index in [1.165, 1.54) is 0 Å². The summed E-state index contributed by atoms with van der Waals surface area (Å²) in [6, 6.07) is 9.20. The Labute approximate surface area is 134 Å². The summed E-state index contributed by atoms with van der Waals surface area (Å²) in [7, 11) is 0. The van der Waals surface area contributed by atoms with Gasteiger partial charge in [0, 0.05) is 0 Å². The first-order valence-corrected chi connectivity index (χ1v) is 6.85. The molecule has 0 radical (unpaired) electrons. The summed E-state index contributed by atoms with van der Waals surface area (Å²) in [6.07, 6.45) is 0. The number of phenolic OH excluding ortho intramolecular Hbond substituents is 2. The summed E-state index contributed by atoms with van der Waals surface area (Å²) in [5.74, 6) is -6.46. The molecule has 0 aliphatic heterocycles. The van der Waals surface area contributed by atoms with Gasteiger partial charge < -0.3 is 10.2 Å². The number of rotatable bonds is 2. The topological polar surface area (TPSA) is 40.5 Å². The second-order valence-corrected chi connectivity index (χ2v) is 5.10. The van der Waals surface area contributed by atoms with Gasteiger partial charge in [-0.15, -0.1) is 0 Å². The molecule has 0 fully saturated rings. The van der Waals surface area contributed by atoms with E-state index in [0.29, 0.717) is 0 Å². The van der Waals surface area contributed by atoms with Crippen molar-refractivity contribution in [3.05, 3.63) is 71.8 Å². The number of benzene rings is 3. The van der Waals surface area contributed by atoms with Crippen molar-refractivity contribution in [2.24, 2.45) is 0 Å². The largest absolute Gasteiger partial charge is 0.508 e. The normalized spacial score (nSPS) is 10.8. The quantitative estimate of drug-likeness (QED) is 0.512. The van der Waals surface area contributed by atoms with Crippen LogP contribution in [0.5, 0.6) is 11.5 Å². The highest BCUT2D eigenvalue weighted by Gasteiger charge is 2.27. The zero-order valence-electron chi connectivity index (χ0n) is 12.0. The van der Waals surface area contributed by atoms with E-state index in [2.05, 4.69) is 0 Å². The monoisotopic (exact) mass is 334 g/mol. The van der Waals surface area contributed by atoms with Crippen molar-refractivity contribution in [3.8, 4) is 33.8 Å². The summed E-state index contributed by atoms with van der Waals surface area (Å²) in [4.78, 5) is 0. The van der Waals surface area contributed by atoms with Crippen LogP contribution in [0.3, 0.4) is 0 Å². The molecule has 0 aliphatic rings. The van der Waals surface area contributed by atoms with Gasteiger partial charge in [-0.05, 0) is 35.4 Å². The van der Waals surface area contributed by atoms with Crippen molar-refractivity contribution < 1.29 is 27.8 Å². The third-order valence-corrected chi connectivity index (χ3v) is 3.58. The van der Waals surface area contributed by atoms with Crippen molar-refractivity contribution in [2.75, 3.05) is 0 Å². The molecular formula is C18H10F4O2. The van der Waals surface area contributed by atoms with Gasteiger partial charge in [0.25, 0.3) is 0 Å². The fourth-order valence-electron chi connectivity index (χ4n) is 2.39. The average molecular weight is 334 g/mol. The minimum Gasteiger partial charge on any atom is -0.508 e. The Kier molecular flexibility index (Phi) is 3.89. The number of aromatic hydroxyl groups is 2. The highest BCUT2D eigenvalue weighted by Crippen LogP contribution is 2.37. The van der Waals surface area contributed by atoms with Crippen LogP contribution in [0.15, 0.2) is 48.5 Å². The summed E-state index contributed by atoms with van der Waals surface area (Å²) in [6.45, 7) is 0. The molecule has 122 valence electrons. The Hall–Kier alpha value is -3.02. The third-order valence-electron chi connectivity index (χ3n) is 3.58. The molecule has 0 atom stereocenters. The van der Waals surface area contributed by atoms with E-state index >= 15 is 0 Å². The molecule has 2 nitrogen and oxygen atoms in total. The van der Waals surface area contributed by atoms with E-state index in [1.54, 1.807) is 0 Å². The van der Waals surface area contributed by atoms with Crippen molar-refractivity contribution in [3.63, 3.8) is 0 Å². The lowest BCUT2D eigenvalue weighted by molar-refractivity contribution is 0.462. The van der Waals surface area contributed by atoms with Gasteiger partial charge in [-0.25, -0.2) is 17.6 Å². The Bertz CT molecular complexity index is 798. The standard InChI is InChI=1S/C18H10F4O2/c19-15-13(9-1-5-11(23)6-2-9)16(20)18(22)14(17(15)21)10-3-7-12(24)8-4-10/h1-8,23-24H. The number of hydrogen-bond donors (Lipinski definition) is 2. The lowest BCUT2D eigenvalue weighted by Crippen LogP contribution is -2.03.